The van der Waals surface area contributed by atoms with E-state index in [1.54, 1.807) is 12.1 Å². The van der Waals surface area contributed by atoms with Crippen molar-refractivity contribution in [1.82, 2.24) is 4.98 Å². The van der Waals surface area contributed by atoms with E-state index in [1.807, 2.05) is 30.6 Å². The fourth-order valence-corrected chi connectivity index (χ4v) is 4.11. The predicted molar refractivity (Wildman–Crippen MR) is 118 cm³/mol. The summed E-state index contributed by atoms with van der Waals surface area (Å²) in [6.45, 7) is 7.98. The van der Waals surface area contributed by atoms with Crippen LogP contribution in [0.3, 0.4) is 0 Å². The van der Waals surface area contributed by atoms with E-state index in [0.717, 1.165) is 16.8 Å². The summed E-state index contributed by atoms with van der Waals surface area (Å²) in [5, 5.41) is 9.49. The van der Waals surface area contributed by atoms with E-state index in [4.69, 9.17) is 8.83 Å². The fraction of sp³-hybridized carbons (Fsp3) is 0.375. The van der Waals surface area contributed by atoms with Gasteiger partial charge in [-0.3, -0.25) is 4.79 Å². The maximum atomic E-state index is 13.3. The van der Waals surface area contributed by atoms with Crippen molar-refractivity contribution in [3.8, 4) is 17.7 Å². The second-order valence-corrected chi connectivity index (χ2v) is 7.90. The first-order chi connectivity index (χ1) is 15.0. The van der Waals surface area contributed by atoms with Crippen LogP contribution in [0.4, 0.5) is 11.6 Å². The van der Waals surface area contributed by atoms with Gasteiger partial charge in [-0.2, -0.15) is 10.2 Å². The number of nitriles is 1. The van der Waals surface area contributed by atoms with Gasteiger partial charge in [-0.15, -0.1) is 0 Å². The zero-order chi connectivity index (χ0) is 22.0. The fourth-order valence-electron chi connectivity index (χ4n) is 4.11. The van der Waals surface area contributed by atoms with E-state index in [0.29, 0.717) is 50.0 Å². The van der Waals surface area contributed by atoms with Gasteiger partial charge in [-0.05, 0) is 62.9 Å². The number of carbonyl (C=O) groups excluding carboxylic acids is 1. The molecule has 0 N–H and O–H groups in total. The standard InChI is InChI=1S/C24H26N4O3/c1-4-28(20-14-16(2)7-8-17(20)3)23(29)18-9-11-27(12-10-18)24-19(15-25)26-22(31-24)21-6-5-13-30-21/h5-8,13-14,18H,4,9-12H2,1-3H3. The number of piperidine rings is 1. The number of benzene rings is 1. The maximum Gasteiger partial charge on any atom is 0.266 e. The topological polar surface area (TPSA) is 86.5 Å². The van der Waals surface area contributed by atoms with Crippen LogP contribution in [0.25, 0.3) is 11.7 Å². The van der Waals surface area contributed by atoms with Crippen molar-refractivity contribution in [3.63, 3.8) is 0 Å². The molecule has 0 aliphatic carbocycles. The zero-order valence-electron chi connectivity index (χ0n) is 18.1. The molecule has 0 bridgehead atoms. The highest BCUT2D eigenvalue weighted by atomic mass is 16.4. The quantitative estimate of drug-likeness (QED) is 0.597. The number of carbonyl (C=O) groups is 1. The first-order valence-corrected chi connectivity index (χ1v) is 10.6. The number of nitrogens with zero attached hydrogens (tertiary/aromatic N) is 4. The molecule has 1 fully saturated rings. The van der Waals surface area contributed by atoms with Gasteiger partial charge in [-0.25, -0.2) is 0 Å². The van der Waals surface area contributed by atoms with Crippen LogP contribution >= 0.6 is 0 Å². The van der Waals surface area contributed by atoms with Gasteiger partial charge in [0, 0.05) is 31.2 Å². The van der Waals surface area contributed by atoms with Crippen molar-refractivity contribution in [2.75, 3.05) is 29.4 Å². The monoisotopic (exact) mass is 418 g/mol. The Bertz CT molecular complexity index is 1100. The third kappa shape index (κ3) is 4.06. The molecule has 0 saturated carbocycles. The lowest BCUT2D eigenvalue weighted by atomic mass is 9.94. The third-order valence-electron chi connectivity index (χ3n) is 5.82. The summed E-state index contributed by atoms with van der Waals surface area (Å²) in [6.07, 6.45) is 2.93. The first-order valence-electron chi connectivity index (χ1n) is 10.6. The number of anilines is 2. The number of hydrogen-bond donors (Lipinski definition) is 0. The van der Waals surface area contributed by atoms with Crippen LogP contribution in [0.1, 0.15) is 36.6 Å². The van der Waals surface area contributed by atoms with Gasteiger partial charge in [0.2, 0.25) is 17.5 Å². The van der Waals surface area contributed by atoms with E-state index in [2.05, 4.69) is 29.3 Å². The number of oxazole rings is 1. The second-order valence-electron chi connectivity index (χ2n) is 7.90. The largest absolute Gasteiger partial charge is 0.459 e. The molecule has 0 radical (unpaired) electrons. The number of rotatable bonds is 5. The van der Waals surface area contributed by atoms with Gasteiger partial charge in [0.15, 0.2) is 5.76 Å². The van der Waals surface area contributed by atoms with Gasteiger partial charge in [0.1, 0.15) is 6.07 Å². The highest BCUT2D eigenvalue weighted by molar-refractivity contribution is 5.96. The summed E-state index contributed by atoms with van der Waals surface area (Å²) in [5.74, 6) is 1.32. The Labute approximate surface area is 181 Å². The van der Waals surface area contributed by atoms with E-state index in [-0.39, 0.29) is 17.5 Å². The Morgan fingerprint density at radius 1 is 1.29 bits per heavy atom. The van der Waals surface area contributed by atoms with Crippen LogP contribution < -0.4 is 9.80 Å². The third-order valence-corrected chi connectivity index (χ3v) is 5.82. The molecule has 1 aromatic carbocycles. The molecule has 4 rings (SSSR count). The summed E-state index contributed by atoms with van der Waals surface area (Å²) in [7, 11) is 0. The van der Waals surface area contributed by atoms with Gasteiger partial charge in [-0.1, -0.05) is 12.1 Å². The molecule has 2 aromatic heterocycles. The minimum atomic E-state index is -0.0610. The highest BCUT2D eigenvalue weighted by Crippen LogP contribution is 2.32. The van der Waals surface area contributed by atoms with E-state index in [1.165, 1.54) is 6.26 Å². The first kappa shape index (κ1) is 20.7. The molecule has 1 aliphatic heterocycles. The van der Waals surface area contributed by atoms with Gasteiger partial charge in [0.05, 0.1) is 6.26 Å². The van der Waals surface area contributed by atoms with Crippen LogP contribution in [-0.2, 0) is 4.79 Å². The Kier molecular flexibility index (Phi) is 5.81. The van der Waals surface area contributed by atoms with Crippen LogP contribution in [-0.4, -0.2) is 30.5 Å². The Hall–Kier alpha value is -3.53. The molecule has 3 aromatic rings. The molecule has 0 spiro atoms. The number of aryl methyl sites for hydroxylation is 2. The molecule has 1 amide bonds. The molecule has 1 saturated heterocycles. The van der Waals surface area contributed by atoms with Crippen molar-refractivity contribution in [1.29, 1.82) is 5.26 Å². The van der Waals surface area contributed by atoms with Crippen molar-refractivity contribution in [2.24, 2.45) is 5.92 Å². The van der Waals surface area contributed by atoms with Crippen molar-refractivity contribution in [3.05, 3.63) is 53.4 Å². The Balaban J connectivity index is 1.48. The predicted octanol–water partition coefficient (Wildman–Crippen LogP) is 4.69. The Morgan fingerprint density at radius 3 is 2.71 bits per heavy atom. The van der Waals surface area contributed by atoms with Crippen LogP contribution in [0, 0.1) is 31.1 Å². The number of amides is 1. The minimum absolute atomic E-state index is 0.0610. The SMILES string of the molecule is CCN(C(=O)C1CCN(c2oc(-c3ccco3)nc2C#N)CC1)c1cc(C)ccc1C. The average molecular weight is 418 g/mol. The average Bonchev–Trinajstić information content (AvgIpc) is 3.46. The van der Waals surface area contributed by atoms with Gasteiger partial charge >= 0.3 is 0 Å². The summed E-state index contributed by atoms with van der Waals surface area (Å²) < 4.78 is 11.2. The molecular formula is C24H26N4O3. The number of aromatic nitrogens is 1. The highest BCUT2D eigenvalue weighted by Gasteiger charge is 2.32. The van der Waals surface area contributed by atoms with Crippen LogP contribution in [0.5, 0.6) is 0 Å². The van der Waals surface area contributed by atoms with E-state index >= 15 is 0 Å². The molecule has 31 heavy (non-hydrogen) atoms. The molecule has 7 heteroatoms. The Morgan fingerprint density at radius 2 is 2.06 bits per heavy atom. The summed E-state index contributed by atoms with van der Waals surface area (Å²) in [6, 6.07) is 11.8. The van der Waals surface area contributed by atoms with Crippen LogP contribution in [0.15, 0.2) is 45.4 Å². The van der Waals surface area contributed by atoms with Gasteiger partial charge in [0.25, 0.3) is 5.89 Å². The van der Waals surface area contributed by atoms with Crippen molar-refractivity contribution in [2.45, 2.75) is 33.6 Å². The maximum absolute atomic E-state index is 13.3. The van der Waals surface area contributed by atoms with Crippen LogP contribution in [0.2, 0.25) is 0 Å². The smallest absolute Gasteiger partial charge is 0.266 e. The van der Waals surface area contributed by atoms with Gasteiger partial charge < -0.3 is 18.6 Å². The molecule has 1 aliphatic rings. The van der Waals surface area contributed by atoms with Crippen molar-refractivity contribution < 1.29 is 13.6 Å². The molecule has 160 valence electrons. The normalized spacial score (nSPS) is 14.5. The molecule has 0 unspecified atom stereocenters. The molecular weight excluding hydrogens is 392 g/mol. The summed E-state index contributed by atoms with van der Waals surface area (Å²) >= 11 is 0. The number of furan rings is 1. The zero-order valence-corrected chi connectivity index (χ0v) is 18.1. The lowest BCUT2D eigenvalue weighted by molar-refractivity contribution is -0.122. The lowest BCUT2D eigenvalue weighted by Gasteiger charge is -2.34. The molecule has 0 atom stereocenters. The van der Waals surface area contributed by atoms with Crippen molar-refractivity contribution >= 4 is 17.5 Å². The number of hydrogen-bond acceptors (Lipinski definition) is 6. The minimum Gasteiger partial charge on any atom is -0.459 e. The molecule has 7 nitrogen and oxygen atoms in total. The lowest BCUT2D eigenvalue weighted by Crippen LogP contribution is -2.43. The second kappa shape index (κ2) is 8.68. The van der Waals surface area contributed by atoms with E-state index in [9.17, 15) is 10.1 Å². The summed E-state index contributed by atoms with van der Waals surface area (Å²) in [5.41, 5.74) is 3.47. The summed E-state index contributed by atoms with van der Waals surface area (Å²) in [4.78, 5) is 21.5. The molecule has 3 heterocycles. The van der Waals surface area contributed by atoms with E-state index < -0.39 is 0 Å².